The second-order valence-electron chi connectivity index (χ2n) is 5.85. The average molecular weight is 331 g/mol. The van der Waals surface area contributed by atoms with Crippen LogP contribution in [0.2, 0.25) is 0 Å². The summed E-state index contributed by atoms with van der Waals surface area (Å²) < 4.78 is 4.68. The van der Waals surface area contributed by atoms with Crippen molar-refractivity contribution in [1.29, 1.82) is 0 Å². The summed E-state index contributed by atoms with van der Waals surface area (Å²) in [4.78, 5) is 17.9. The summed E-state index contributed by atoms with van der Waals surface area (Å²) in [7, 11) is 0. The Balaban J connectivity index is 2.04. The molecule has 24 heavy (non-hydrogen) atoms. The molecular weight excluding hydrogens is 318 g/mol. The van der Waals surface area contributed by atoms with Gasteiger partial charge >= 0.3 is 0 Å². The number of benzene rings is 2. The van der Waals surface area contributed by atoms with Crippen molar-refractivity contribution in [3.8, 4) is 5.69 Å². The summed E-state index contributed by atoms with van der Waals surface area (Å²) >= 11 is 1.61. The molecule has 0 saturated carbocycles. The molecule has 5 aromatic rings. The van der Waals surface area contributed by atoms with Crippen molar-refractivity contribution in [3.63, 3.8) is 0 Å². The van der Waals surface area contributed by atoms with E-state index >= 15 is 0 Å². The lowest BCUT2D eigenvalue weighted by Crippen LogP contribution is -2.20. The quantitative estimate of drug-likeness (QED) is 0.463. The van der Waals surface area contributed by atoms with Crippen LogP contribution in [0.1, 0.15) is 5.56 Å². The summed E-state index contributed by atoms with van der Waals surface area (Å²) in [6.07, 6.45) is 0. The molecule has 2 aromatic carbocycles. The van der Waals surface area contributed by atoms with E-state index in [9.17, 15) is 4.79 Å². The van der Waals surface area contributed by atoms with Crippen LogP contribution in [0.5, 0.6) is 0 Å². The molecule has 0 aliphatic heterocycles. The fourth-order valence-corrected chi connectivity index (χ4v) is 3.99. The number of nitrogens with zero attached hydrogens (tertiary/aromatic N) is 3. The summed E-state index contributed by atoms with van der Waals surface area (Å²) in [5.74, 6) is 0. The first-order valence-corrected chi connectivity index (χ1v) is 8.59. The molecule has 3 aromatic heterocycles. The van der Waals surface area contributed by atoms with Crippen LogP contribution in [0.15, 0.2) is 64.8 Å². The van der Waals surface area contributed by atoms with Gasteiger partial charge in [0, 0.05) is 0 Å². The fraction of sp³-hybridized carbons (Fsp3) is 0.0526. The molecule has 0 spiro atoms. The molecule has 0 saturated heterocycles. The normalized spacial score (nSPS) is 11.7. The number of aryl methyl sites for hydroxylation is 1. The first kappa shape index (κ1) is 13.5. The van der Waals surface area contributed by atoms with Crippen molar-refractivity contribution < 1.29 is 0 Å². The SMILES string of the molecule is Cc1ccc(-n2c3ccsc3c3nc4ccccc4c(=O)n32)cc1. The van der Waals surface area contributed by atoms with E-state index in [4.69, 9.17) is 4.98 Å². The minimum absolute atomic E-state index is 0.0421. The Kier molecular flexibility index (Phi) is 2.69. The Hall–Kier alpha value is -2.92. The van der Waals surface area contributed by atoms with Crippen molar-refractivity contribution in [2.45, 2.75) is 6.92 Å². The molecule has 0 bridgehead atoms. The van der Waals surface area contributed by atoms with E-state index in [1.165, 1.54) is 5.56 Å². The van der Waals surface area contributed by atoms with Gasteiger partial charge in [-0.05, 0) is 42.6 Å². The molecule has 5 heteroatoms. The van der Waals surface area contributed by atoms with E-state index in [-0.39, 0.29) is 5.56 Å². The number of thiophene rings is 1. The Morgan fingerprint density at radius 2 is 1.79 bits per heavy atom. The van der Waals surface area contributed by atoms with Crippen LogP contribution in [-0.4, -0.2) is 14.2 Å². The average Bonchev–Trinajstić information content (AvgIpc) is 3.18. The number of rotatable bonds is 1. The molecule has 0 amide bonds. The molecule has 0 radical (unpaired) electrons. The van der Waals surface area contributed by atoms with E-state index in [1.54, 1.807) is 15.9 Å². The van der Waals surface area contributed by atoms with Crippen LogP contribution in [0.3, 0.4) is 0 Å². The van der Waals surface area contributed by atoms with Crippen LogP contribution in [0.4, 0.5) is 0 Å². The van der Waals surface area contributed by atoms with Gasteiger partial charge in [0.2, 0.25) is 0 Å². The number of para-hydroxylation sites is 1. The number of aromatic nitrogens is 3. The van der Waals surface area contributed by atoms with Gasteiger partial charge in [-0.15, -0.1) is 11.3 Å². The van der Waals surface area contributed by atoms with Gasteiger partial charge in [-0.2, -0.15) is 4.52 Å². The van der Waals surface area contributed by atoms with E-state index in [0.717, 1.165) is 21.4 Å². The number of hydrogen-bond acceptors (Lipinski definition) is 3. The maximum atomic E-state index is 13.1. The minimum Gasteiger partial charge on any atom is -0.267 e. The van der Waals surface area contributed by atoms with Gasteiger partial charge in [0.25, 0.3) is 5.56 Å². The Labute approximate surface area is 141 Å². The zero-order valence-electron chi connectivity index (χ0n) is 12.9. The molecule has 5 rings (SSSR count). The highest BCUT2D eigenvalue weighted by Crippen LogP contribution is 2.29. The highest BCUT2D eigenvalue weighted by atomic mass is 32.1. The topological polar surface area (TPSA) is 39.3 Å². The smallest absolute Gasteiger partial charge is 0.267 e. The van der Waals surface area contributed by atoms with E-state index in [2.05, 4.69) is 19.1 Å². The van der Waals surface area contributed by atoms with Crippen LogP contribution in [0, 0.1) is 6.92 Å². The molecule has 0 fully saturated rings. The van der Waals surface area contributed by atoms with Gasteiger partial charge in [0.05, 0.1) is 26.8 Å². The van der Waals surface area contributed by atoms with E-state index in [1.807, 2.05) is 52.5 Å². The van der Waals surface area contributed by atoms with Gasteiger partial charge in [-0.1, -0.05) is 29.8 Å². The molecule has 0 aliphatic carbocycles. The summed E-state index contributed by atoms with van der Waals surface area (Å²) in [5.41, 5.74) is 4.55. The monoisotopic (exact) mass is 331 g/mol. The number of fused-ring (bicyclic) bond motifs is 4. The first-order chi connectivity index (χ1) is 11.7. The standard InChI is InChI=1S/C19H13N3OS/c1-12-6-8-13(9-7-12)21-16-10-11-24-17(16)18-20-15-5-3-2-4-14(15)19(23)22(18)21/h2-11H,1H3. The zero-order chi connectivity index (χ0) is 16.3. The van der Waals surface area contributed by atoms with Crippen molar-refractivity contribution in [1.82, 2.24) is 14.2 Å². The van der Waals surface area contributed by atoms with Crippen molar-refractivity contribution in [3.05, 3.63) is 75.9 Å². The summed E-state index contributed by atoms with van der Waals surface area (Å²) in [5, 5.41) is 2.67. The molecule has 0 unspecified atom stereocenters. The minimum atomic E-state index is -0.0421. The lowest BCUT2D eigenvalue weighted by molar-refractivity contribution is 0.794. The first-order valence-electron chi connectivity index (χ1n) is 7.71. The third-order valence-electron chi connectivity index (χ3n) is 4.31. The van der Waals surface area contributed by atoms with Gasteiger partial charge in [0.15, 0.2) is 5.65 Å². The Bertz CT molecular complexity index is 1280. The zero-order valence-corrected chi connectivity index (χ0v) is 13.7. The second-order valence-corrected chi connectivity index (χ2v) is 6.77. The van der Waals surface area contributed by atoms with Crippen LogP contribution in [0.25, 0.3) is 32.5 Å². The van der Waals surface area contributed by atoms with Crippen LogP contribution in [-0.2, 0) is 0 Å². The van der Waals surface area contributed by atoms with Crippen LogP contribution < -0.4 is 5.56 Å². The van der Waals surface area contributed by atoms with E-state index < -0.39 is 0 Å². The molecule has 4 nitrogen and oxygen atoms in total. The molecule has 0 aliphatic rings. The predicted molar refractivity (Wildman–Crippen MR) is 98.4 cm³/mol. The Morgan fingerprint density at radius 3 is 2.62 bits per heavy atom. The lowest BCUT2D eigenvalue weighted by atomic mass is 10.2. The van der Waals surface area contributed by atoms with Crippen molar-refractivity contribution >= 4 is 38.1 Å². The molecule has 116 valence electrons. The fourth-order valence-electron chi connectivity index (χ4n) is 3.14. The van der Waals surface area contributed by atoms with Crippen LogP contribution >= 0.6 is 11.3 Å². The number of hydrogen-bond donors (Lipinski definition) is 0. The molecule has 0 N–H and O–H groups in total. The summed E-state index contributed by atoms with van der Waals surface area (Å²) in [6, 6.07) is 17.7. The van der Waals surface area contributed by atoms with Crippen molar-refractivity contribution in [2.24, 2.45) is 0 Å². The second kappa shape index (κ2) is 4.79. The van der Waals surface area contributed by atoms with Gasteiger partial charge < -0.3 is 0 Å². The van der Waals surface area contributed by atoms with Gasteiger partial charge in [-0.3, -0.25) is 4.79 Å². The predicted octanol–water partition coefficient (Wildman–Crippen LogP) is 4.16. The third kappa shape index (κ3) is 1.73. The maximum absolute atomic E-state index is 13.1. The third-order valence-corrected chi connectivity index (χ3v) is 5.21. The molecule has 0 atom stereocenters. The lowest BCUT2D eigenvalue weighted by Gasteiger charge is -2.08. The van der Waals surface area contributed by atoms with E-state index in [0.29, 0.717) is 11.0 Å². The van der Waals surface area contributed by atoms with Crippen molar-refractivity contribution in [2.75, 3.05) is 0 Å². The summed E-state index contributed by atoms with van der Waals surface area (Å²) in [6.45, 7) is 2.05. The molecular formula is C19H13N3OS. The van der Waals surface area contributed by atoms with Gasteiger partial charge in [0.1, 0.15) is 0 Å². The highest BCUT2D eigenvalue weighted by Gasteiger charge is 2.17. The Morgan fingerprint density at radius 1 is 1.00 bits per heavy atom. The maximum Gasteiger partial charge on any atom is 0.281 e. The molecule has 3 heterocycles. The van der Waals surface area contributed by atoms with Gasteiger partial charge in [-0.25, -0.2) is 9.67 Å². The largest absolute Gasteiger partial charge is 0.281 e. The highest BCUT2D eigenvalue weighted by molar-refractivity contribution is 7.18.